The van der Waals surface area contributed by atoms with Crippen molar-refractivity contribution in [3.8, 4) is 5.75 Å². The van der Waals surface area contributed by atoms with Crippen LogP contribution >= 0.6 is 0 Å². The van der Waals surface area contributed by atoms with Crippen LogP contribution in [-0.4, -0.2) is 36.3 Å². The fraction of sp³-hybridized carbons (Fsp3) is 0.524. The molecular formula is C21H28N2O4. The minimum absolute atomic E-state index is 0.0809. The van der Waals surface area contributed by atoms with Gasteiger partial charge in [0.2, 0.25) is 5.91 Å². The summed E-state index contributed by atoms with van der Waals surface area (Å²) in [5, 5.41) is 13.6. The molecule has 0 saturated heterocycles. The number of ether oxygens (including phenoxy) is 1. The molecule has 1 saturated carbocycles. The fourth-order valence-corrected chi connectivity index (χ4v) is 3.85. The SMILES string of the molecule is COc1ccc2cc(CCC(=O)NCC3(CO)CCCCC3)c(=O)[nH]c2c1. The third-order valence-corrected chi connectivity index (χ3v) is 5.66. The van der Waals surface area contributed by atoms with E-state index in [1.807, 2.05) is 18.2 Å². The minimum atomic E-state index is -0.178. The van der Waals surface area contributed by atoms with Crippen LogP contribution in [-0.2, 0) is 11.2 Å². The zero-order valence-electron chi connectivity index (χ0n) is 15.8. The molecule has 6 heteroatoms. The van der Waals surface area contributed by atoms with E-state index in [9.17, 15) is 14.7 Å². The van der Waals surface area contributed by atoms with Gasteiger partial charge in [0.15, 0.2) is 0 Å². The number of nitrogens with one attached hydrogen (secondary N) is 2. The predicted octanol–water partition coefficient (Wildman–Crippen LogP) is 2.53. The summed E-state index contributed by atoms with van der Waals surface area (Å²) in [6, 6.07) is 7.35. The molecule has 1 aliphatic carbocycles. The van der Waals surface area contributed by atoms with Gasteiger partial charge in [0, 0.05) is 30.0 Å². The van der Waals surface area contributed by atoms with Crippen LogP contribution in [0.2, 0.25) is 0 Å². The van der Waals surface area contributed by atoms with E-state index < -0.39 is 0 Å². The highest BCUT2D eigenvalue weighted by molar-refractivity contribution is 5.81. The molecule has 0 spiro atoms. The van der Waals surface area contributed by atoms with Gasteiger partial charge in [-0.25, -0.2) is 0 Å². The quantitative estimate of drug-likeness (QED) is 0.696. The molecule has 27 heavy (non-hydrogen) atoms. The van der Waals surface area contributed by atoms with Crippen LogP contribution < -0.4 is 15.6 Å². The maximum absolute atomic E-state index is 12.3. The summed E-state index contributed by atoms with van der Waals surface area (Å²) in [5.41, 5.74) is 0.961. The average molecular weight is 372 g/mol. The number of aryl methyl sites for hydroxylation is 1. The van der Waals surface area contributed by atoms with Crippen molar-refractivity contribution in [3.63, 3.8) is 0 Å². The molecule has 1 aliphatic rings. The molecule has 1 heterocycles. The number of aromatic nitrogens is 1. The molecule has 0 bridgehead atoms. The molecule has 3 rings (SSSR count). The van der Waals surface area contributed by atoms with Crippen molar-refractivity contribution < 1.29 is 14.6 Å². The van der Waals surface area contributed by atoms with Gasteiger partial charge >= 0.3 is 0 Å². The first kappa shape index (κ1) is 19.4. The van der Waals surface area contributed by atoms with Gasteiger partial charge in [0.25, 0.3) is 5.56 Å². The lowest BCUT2D eigenvalue weighted by molar-refractivity contribution is -0.121. The normalized spacial score (nSPS) is 16.2. The standard InChI is InChI=1S/C21H28N2O4/c1-27-17-7-5-15-11-16(20(26)23-18(15)12-17)6-8-19(25)22-13-21(14-24)9-3-2-4-10-21/h5,7,11-12,24H,2-4,6,8-10,13-14H2,1H3,(H,22,25)(H,23,26). The Labute approximate surface area is 158 Å². The Hall–Kier alpha value is -2.34. The molecule has 0 aliphatic heterocycles. The molecule has 6 nitrogen and oxygen atoms in total. The van der Waals surface area contributed by atoms with E-state index in [2.05, 4.69) is 10.3 Å². The number of fused-ring (bicyclic) bond motifs is 1. The first-order chi connectivity index (χ1) is 13.0. The Morgan fingerprint density at radius 3 is 2.74 bits per heavy atom. The minimum Gasteiger partial charge on any atom is -0.497 e. The molecule has 1 fully saturated rings. The van der Waals surface area contributed by atoms with Crippen molar-refractivity contribution in [2.75, 3.05) is 20.3 Å². The zero-order chi connectivity index (χ0) is 19.3. The summed E-state index contributed by atoms with van der Waals surface area (Å²) in [7, 11) is 1.58. The molecule has 3 N–H and O–H groups in total. The summed E-state index contributed by atoms with van der Waals surface area (Å²) >= 11 is 0. The number of carbonyl (C=O) groups excluding carboxylic acids is 1. The van der Waals surface area contributed by atoms with Gasteiger partial charge in [-0.3, -0.25) is 9.59 Å². The molecule has 1 aromatic carbocycles. The number of aromatic amines is 1. The van der Waals surface area contributed by atoms with Crippen LogP contribution in [0.25, 0.3) is 10.9 Å². The van der Waals surface area contributed by atoms with E-state index in [4.69, 9.17) is 4.74 Å². The van der Waals surface area contributed by atoms with Crippen LogP contribution in [0.3, 0.4) is 0 Å². The van der Waals surface area contributed by atoms with Crippen molar-refractivity contribution in [1.82, 2.24) is 10.3 Å². The first-order valence-electron chi connectivity index (χ1n) is 9.63. The number of carbonyl (C=O) groups is 1. The van der Waals surface area contributed by atoms with Gasteiger partial charge in [-0.2, -0.15) is 0 Å². The Balaban J connectivity index is 1.59. The van der Waals surface area contributed by atoms with Gasteiger partial charge < -0.3 is 20.1 Å². The largest absolute Gasteiger partial charge is 0.497 e. The summed E-state index contributed by atoms with van der Waals surface area (Å²) in [6.07, 6.45) is 5.96. The maximum atomic E-state index is 12.3. The van der Waals surface area contributed by atoms with Gasteiger partial charge in [0.05, 0.1) is 19.2 Å². The van der Waals surface area contributed by atoms with Crippen LogP contribution in [0.1, 0.15) is 44.1 Å². The fourth-order valence-electron chi connectivity index (χ4n) is 3.85. The second-order valence-corrected chi connectivity index (χ2v) is 7.57. The zero-order valence-corrected chi connectivity index (χ0v) is 15.8. The number of amides is 1. The third-order valence-electron chi connectivity index (χ3n) is 5.66. The second-order valence-electron chi connectivity index (χ2n) is 7.57. The van der Waals surface area contributed by atoms with Crippen LogP contribution in [0, 0.1) is 5.41 Å². The van der Waals surface area contributed by atoms with Crippen molar-refractivity contribution in [1.29, 1.82) is 0 Å². The molecular weight excluding hydrogens is 344 g/mol. The Bertz CT molecular complexity index is 853. The van der Waals surface area contributed by atoms with Crippen LogP contribution in [0.4, 0.5) is 0 Å². The van der Waals surface area contributed by atoms with Crippen LogP contribution in [0.15, 0.2) is 29.1 Å². The number of rotatable bonds is 7. The van der Waals surface area contributed by atoms with Crippen molar-refractivity contribution in [2.45, 2.75) is 44.9 Å². The highest BCUT2D eigenvalue weighted by Crippen LogP contribution is 2.35. The molecule has 146 valence electrons. The van der Waals surface area contributed by atoms with Crippen molar-refractivity contribution in [3.05, 3.63) is 40.2 Å². The number of H-pyrrole nitrogens is 1. The van der Waals surface area contributed by atoms with Gasteiger partial charge in [-0.05, 0) is 42.8 Å². The van der Waals surface area contributed by atoms with Gasteiger partial charge in [-0.1, -0.05) is 19.3 Å². The topological polar surface area (TPSA) is 91.4 Å². The third kappa shape index (κ3) is 4.69. The number of methoxy groups -OCH3 is 1. The monoisotopic (exact) mass is 372 g/mol. The number of benzene rings is 1. The lowest BCUT2D eigenvalue weighted by Crippen LogP contribution is -2.41. The van der Waals surface area contributed by atoms with E-state index in [1.165, 1.54) is 6.42 Å². The highest BCUT2D eigenvalue weighted by Gasteiger charge is 2.31. The molecule has 1 amide bonds. The molecule has 2 aromatic rings. The molecule has 0 unspecified atom stereocenters. The predicted molar refractivity (Wildman–Crippen MR) is 105 cm³/mol. The second kappa shape index (κ2) is 8.57. The number of hydrogen-bond donors (Lipinski definition) is 3. The number of aliphatic hydroxyl groups excluding tert-OH is 1. The van der Waals surface area contributed by atoms with E-state index in [0.29, 0.717) is 24.3 Å². The van der Waals surface area contributed by atoms with E-state index in [1.54, 1.807) is 13.2 Å². The Morgan fingerprint density at radius 2 is 2.04 bits per heavy atom. The van der Waals surface area contributed by atoms with Gasteiger partial charge in [-0.15, -0.1) is 0 Å². The van der Waals surface area contributed by atoms with Crippen LogP contribution in [0.5, 0.6) is 5.75 Å². The first-order valence-corrected chi connectivity index (χ1v) is 9.63. The maximum Gasteiger partial charge on any atom is 0.251 e. The Kier molecular flexibility index (Phi) is 6.16. The van der Waals surface area contributed by atoms with E-state index >= 15 is 0 Å². The van der Waals surface area contributed by atoms with Crippen molar-refractivity contribution in [2.24, 2.45) is 5.41 Å². The lowest BCUT2D eigenvalue weighted by atomic mass is 9.74. The smallest absolute Gasteiger partial charge is 0.251 e. The number of pyridine rings is 1. The van der Waals surface area contributed by atoms with Crippen molar-refractivity contribution >= 4 is 16.8 Å². The summed E-state index contributed by atoms with van der Waals surface area (Å²) in [6.45, 7) is 0.622. The molecule has 0 radical (unpaired) electrons. The Morgan fingerprint density at radius 1 is 1.26 bits per heavy atom. The molecule has 1 aromatic heterocycles. The van der Waals surface area contributed by atoms with E-state index in [-0.39, 0.29) is 29.9 Å². The number of aliphatic hydroxyl groups is 1. The lowest BCUT2D eigenvalue weighted by Gasteiger charge is -2.35. The summed E-state index contributed by atoms with van der Waals surface area (Å²) in [5.74, 6) is 0.605. The average Bonchev–Trinajstić information content (AvgIpc) is 2.71. The highest BCUT2D eigenvalue weighted by atomic mass is 16.5. The number of hydrogen-bond acceptors (Lipinski definition) is 4. The summed E-state index contributed by atoms with van der Waals surface area (Å²) in [4.78, 5) is 27.4. The van der Waals surface area contributed by atoms with E-state index in [0.717, 1.165) is 36.6 Å². The summed E-state index contributed by atoms with van der Waals surface area (Å²) < 4.78 is 5.17. The molecule has 0 atom stereocenters. The van der Waals surface area contributed by atoms with Gasteiger partial charge in [0.1, 0.15) is 5.75 Å².